The van der Waals surface area contributed by atoms with Crippen molar-refractivity contribution in [1.82, 2.24) is 9.55 Å². The molecular formula is C13H13BN2O2. The number of hydrogen-bond acceptors (Lipinski definition) is 3. The standard InChI is InChI=1S/C13H13BN2O2/c1-3-11-12(4-2)16(13(15-11)14(17)18)10-8-6-5-7-9-10/h3-9,17-18H,1-2H2. The minimum Gasteiger partial charge on any atom is -0.421 e. The summed E-state index contributed by atoms with van der Waals surface area (Å²) in [5, 5.41) is 18.8. The average molecular weight is 240 g/mol. The highest BCUT2D eigenvalue weighted by Crippen LogP contribution is 2.15. The predicted octanol–water partition coefficient (Wildman–Crippen LogP) is 0.838. The maximum absolute atomic E-state index is 9.40. The van der Waals surface area contributed by atoms with Crippen LogP contribution in [0.1, 0.15) is 11.4 Å². The minimum absolute atomic E-state index is 0.144. The zero-order valence-corrected chi connectivity index (χ0v) is 9.82. The van der Waals surface area contributed by atoms with E-state index in [1.807, 2.05) is 30.3 Å². The summed E-state index contributed by atoms with van der Waals surface area (Å²) in [7, 11) is -1.65. The Hall–Kier alpha value is -2.11. The second-order valence-corrected chi connectivity index (χ2v) is 3.69. The van der Waals surface area contributed by atoms with E-state index < -0.39 is 7.12 Å². The van der Waals surface area contributed by atoms with Gasteiger partial charge in [-0.3, -0.25) is 4.57 Å². The fraction of sp³-hybridized carbons (Fsp3) is 0. The van der Waals surface area contributed by atoms with Crippen LogP contribution in [0.4, 0.5) is 0 Å². The van der Waals surface area contributed by atoms with Gasteiger partial charge in [-0.2, -0.15) is 0 Å². The Morgan fingerprint density at radius 2 is 1.78 bits per heavy atom. The summed E-state index contributed by atoms with van der Waals surface area (Å²) in [5.41, 5.74) is 2.18. The SMILES string of the molecule is C=Cc1nc(B(O)O)n(-c2ccccc2)c1C=C. The van der Waals surface area contributed by atoms with E-state index in [0.29, 0.717) is 11.4 Å². The number of rotatable bonds is 4. The summed E-state index contributed by atoms with van der Waals surface area (Å²) in [6.07, 6.45) is 3.17. The molecule has 0 aliphatic rings. The van der Waals surface area contributed by atoms with Crippen LogP contribution in [0.25, 0.3) is 17.8 Å². The fourth-order valence-corrected chi connectivity index (χ4v) is 1.84. The lowest BCUT2D eigenvalue weighted by Crippen LogP contribution is -2.38. The Morgan fingerprint density at radius 3 is 2.28 bits per heavy atom. The van der Waals surface area contributed by atoms with Crippen molar-refractivity contribution in [3.05, 3.63) is 54.9 Å². The van der Waals surface area contributed by atoms with Gasteiger partial charge in [0.2, 0.25) is 0 Å². The van der Waals surface area contributed by atoms with E-state index in [0.717, 1.165) is 5.69 Å². The van der Waals surface area contributed by atoms with Gasteiger partial charge in [0.05, 0.1) is 11.4 Å². The van der Waals surface area contributed by atoms with Crippen molar-refractivity contribution in [2.75, 3.05) is 0 Å². The molecule has 0 unspecified atom stereocenters. The van der Waals surface area contributed by atoms with E-state index in [1.54, 1.807) is 16.7 Å². The van der Waals surface area contributed by atoms with Crippen LogP contribution in [0, 0.1) is 0 Å². The molecule has 0 aliphatic heterocycles. The van der Waals surface area contributed by atoms with E-state index in [2.05, 4.69) is 18.1 Å². The Balaban J connectivity index is 2.74. The van der Waals surface area contributed by atoms with Crippen molar-refractivity contribution < 1.29 is 10.0 Å². The summed E-state index contributed by atoms with van der Waals surface area (Å²) in [6, 6.07) is 9.32. The smallest absolute Gasteiger partial charge is 0.421 e. The molecule has 4 nitrogen and oxygen atoms in total. The molecule has 18 heavy (non-hydrogen) atoms. The first-order chi connectivity index (χ1) is 8.69. The highest BCUT2D eigenvalue weighted by atomic mass is 16.4. The molecule has 1 aromatic carbocycles. The highest BCUT2D eigenvalue weighted by Gasteiger charge is 2.23. The van der Waals surface area contributed by atoms with Crippen LogP contribution in [0.3, 0.4) is 0 Å². The first-order valence-corrected chi connectivity index (χ1v) is 5.48. The van der Waals surface area contributed by atoms with E-state index in [-0.39, 0.29) is 5.72 Å². The molecule has 2 aromatic rings. The van der Waals surface area contributed by atoms with Gasteiger partial charge in [-0.25, -0.2) is 4.98 Å². The molecular weight excluding hydrogens is 227 g/mol. The van der Waals surface area contributed by atoms with Gasteiger partial charge in [-0.1, -0.05) is 31.4 Å². The van der Waals surface area contributed by atoms with Gasteiger partial charge in [0.1, 0.15) is 5.72 Å². The molecule has 0 atom stereocenters. The van der Waals surface area contributed by atoms with Gasteiger partial charge in [-0.15, -0.1) is 0 Å². The van der Waals surface area contributed by atoms with Crippen LogP contribution in [0.2, 0.25) is 0 Å². The molecule has 0 fully saturated rings. The third kappa shape index (κ3) is 2.01. The van der Waals surface area contributed by atoms with Crippen LogP contribution in [-0.4, -0.2) is 26.7 Å². The van der Waals surface area contributed by atoms with Crippen molar-refractivity contribution in [3.8, 4) is 5.69 Å². The third-order valence-electron chi connectivity index (χ3n) is 2.60. The average Bonchev–Trinajstić information content (AvgIpc) is 2.78. The fourth-order valence-electron chi connectivity index (χ4n) is 1.84. The second-order valence-electron chi connectivity index (χ2n) is 3.69. The minimum atomic E-state index is -1.65. The van der Waals surface area contributed by atoms with Crippen LogP contribution in [-0.2, 0) is 0 Å². The lowest BCUT2D eigenvalue weighted by atomic mass is 9.90. The summed E-state index contributed by atoms with van der Waals surface area (Å²) >= 11 is 0. The van der Waals surface area contributed by atoms with Crippen LogP contribution < -0.4 is 5.72 Å². The topological polar surface area (TPSA) is 58.3 Å². The van der Waals surface area contributed by atoms with Gasteiger partial charge in [0, 0.05) is 5.69 Å². The maximum atomic E-state index is 9.40. The van der Waals surface area contributed by atoms with Gasteiger partial charge in [0.15, 0.2) is 0 Å². The number of benzene rings is 1. The lowest BCUT2D eigenvalue weighted by molar-refractivity contribution is 0.422. The van der Waals surface area contributed by atoms with Crippen molar-refractivity contribution in [3.63, 3.8) is 0 Å². The zero-order valence-electron chi connectivity index (χ0n) is 9.82. The molecule has 0 bridgehead atoms. The predicted molar refractivity (Wildman–Crippen MR) is 73.6 cm³/mol. The molecule has 2 N–H and O–H groups in total. The van der Waals surface area contributed by atoms with E-state index in [1.165, 1.54) is 0 Å². The van der Waals surface area contributed by atoms with Crippen molar-refractivity contribution in [2.24, 2.45) is 0 Å². The van der Waals surface area contributed by atoms with Gasteiger partial charge >= 0.3 is 7.12 Å². The Bertz CT molecular complexity index is 576. The monoisotopic (exact) mass is 240 g/mol. The molecule has 2 rings (SSSR count). The van der Waals surface area contributed by atoms with Crippen molar-refractivity contribution in [2.45, 2.75) is 0 Å². The molecule has 1 aromatic heterocycles. The first kappa shape index (κ1) is 12.4. The second kappa shape index (κ2) is 5.04. The molecule has 90 valence electrons. The molecule has 0 radical (unpaired) electrons. The number of imidazole rings is 1. The lowest BCUT2D eigenvalue weighted by Gasteiger charge is -2.09. The quantitative estimate of drug-likeness (QED) is 0.778. The number of hydrogen-bond donors (Lipinski definition) is 2. The number of nitrogens with zero attached hydrogens (tertiary/aromatic N) is 2. The largest absolute Gasteiger partial charge is 0.526 e. The normalized spacial score (nSPS) is 10.1. The maximum Gasteiger partial charge on any atom is 0.526 e. The third-order valence-corrected chi connectivity index (χ3v) is 2.60. The summed E-state index contributed by atoms with van der Waals surface area (Å²) in [5.74, 6) is 0. The molecule has 0 spiro atoms. The summed E-state index contributed by atoms with van der Waals surface area (Å²) < 4.78 is 1.65. The van der Waals surface area contributed by atoms with Gasteiger partial charge < -0.3 is 10.0 Å². The van der Waals surface area contributed by atoms with Gasteiger partial charge in [0.25, 0.3) is 0 Å². The number of para-hydroxylation sites is 1. The van der Waals surface area contributed by atoms with E-state index in [4.69, 9.17) is 0 Å². The summed E-state index contributed by atoms with van der Waals surface area (Å²) in [6.45, 7) is 7.39. The molecule has 5 heteroatoms. The zero-order chi connectivity index (χ0) is 13.1. The van der Waals surface area contributed by atoms with Crippen LogP contribution >= 0.6 is 0 Å². The van der Waals surface area contributed by atoms with Crippen molar-refractivity contribution >= 4 is 25.0 Å². The van der Waals surface area contributed by atoms with E-state index >= 15 is 0 Å². The van der Waals surface area contributed by atoms with Crippen LogP contribution in [0.5, 0.6) is 0 Å². The van der Waals surface area contributed by atoms with E-state index in [9.17, 15) is 10.0 Å². The molecule has 0 saturated carbocycles. The Kier molecular flexibility index (Phi) is 3.46. The van der Waals surface area contributed by atoms with Gasteiger partial charge in [-0.05, 0) is 24.3 Å². The highest BCUT2D eigenvalue weighted by molar-refractivity contribution is 6.57. The molecule has 1 heterocycles. The van der Waals surface area contributed by atoms with Crippen molar-refractivity contribution in [1.29, 1.82) is 0 Å². The molecule has 0 aliphatic carbocycles. The first-order valence-electron chi connectivity index (χ1n) is 5.48. The molecule has 0 amide bonds. The Labute approximate surface area is 106 Å². The van der Waals surface area contributed by atoms with Crippen LogP contribution in [0.15, 0.2) is 43.5 Å². The Morgan fingerprint density at radius 1 is 1.11 bits per heavy atom. The molecule has 0 saturated heterocycles. The summed E-state index contributed by atoms with van der Waals surface area (Å²) in [4.78, 5) is 4.15. The number of aromatic nitrogens is 2.